The molecular weight excluding hydrogens is 394 g/mol. The van der Waals surface area contributed by atoms with Crippen molar-refractivity contribution in [3.63, 3.8) is 0 Å². The molecule has 2 heterocycles. The largest absolute Gasteiger partial charge is 0.355 e. The first kappa shape index (κ1) is 19.6. The Bertz CT molecular complexity index is 1390. The van der Waals surface area contributed by atoms with Crippen LogP contribution in [0.2, 0.25) is 0 Å². The molecule has 2 aromatic heterocycles. The van der Waals surface area contributed by atoms with Crippen LogP contribution in [0.15, 0.2) is 73.2 Å². The lowest BCUT2D eigenvalue weighted by Crippen LogP contribution is -2.01. The molecule has 0 aliphatic rings. The van der Waals surface area contributed by atoms with E-state index in [0.29, 0.717) is 5.56 Å². The predicted molar refractivity (Wildman–Crippen MR) is 121 cm³/mol. The molecule has 0 unspecified atom stereocenters. The second-order valence-electron chi connectivity index (χ2n) is 7.09. The molecule has 2 aromatic carbocycles. The number of rotatable bonds is 5. The molecule has 1 N–H and O–H groups in total. The molecule has 0 bridgehead atoms. The molecule has 0 aliphatic heterocycles. The van der Waals surface area contributed by atoms with Crippen molar-refractivity contribution in [2.24, 2.45) is 0 Å². The molecule has 30 heavy (non-hydrogen) atoms. The maximum Gasteiger partial charge on any atom is 0.151 e. The van der Waals surface area contributed by atoms with Gasteiger partial charge >= 0.3 is 0 Å². The number of terminal acetylenes is 1. The lowest BCUT2D eigenvalue weighted by Gasteiger charge is -2.11. The number of sulfone groups is 1. The highest BCUT2D eigenvalue weighted by Gasteiger charge is 2.09. The third-order valence-corrected chi connectivity index (χ3v) is 5.46. The zero-order chi connectivity index (χ0) is 21.1. The minimum Gasteiger partial charge on any atom is -0.355 e. The topological polar surface area (TPSA) is 72.0 Å². The fraction of sp³-hybridized carbons (Fsp3) is 0.0833. The van der Waals surface area contributed by atoms with E-state index in [2.05, 4.69) is 21.2 Å². The van der Waals surface area contributed by atoms with Crippen LogP contribution in [-0.2, 0) is 15.6 Å². The molecule has 0 atom stereocenters. The predicted octanol–water partition coefficient (Wildman–Crippen LogP) is 4.57. The van der Waals surface area contributed by atoms with E-state index in [4.69, 9.17) is 6.42 Å². The molecule has 0 amide bonds. The normalized spacial score (nSPS) is 11.2. The average molecular weight is 414 g/mol. The van der Waals surface area contributed by atoms with Gasteiger partial charge in [-0.1, -0.05) is 18.1 Å². The molecule has 4 rings (SSSR count). The summed E-state index contributed by atoms with van der Waals surface area (Å²) in [6, 6.07) is 17.3. The van der Waals surface area contributed by atoms with Crippen molar-refractivity contribution >= 4 is 32.1 Å². The maximum atomic E-state index is 11.6. The molecule has 0 aliphatic carbocycles. The van der Waals surface area contributed by atoms with Crippen LogP contribution >= 0.6 is 0 Å². The van der Waals surface area contributed by atoms with Gasteiger partial charge in [0.15, 0.2) is 9.84 Å². The molecule has 6 heteroatoms. The quantitative estimate of drug-likeness (QED) is 0.486. The van der Waals surface area contributed by atoms with Crippen LogP contribution in [-0.4, -0.2) is 24.6 Å². The number of hydrogen-bond acceptors (Lipinski definition) is 5. The number of benzene rings is 2. The summed E-state index contributed by atoms with van der Waals surface area (Å²) in [5.74, 6) is 2.60. The number of hydrogen-bond donors (Lipinski definition) is 1. The van der Waals surface area contributed by atoms with Crippen LogP contribution < -0.4 is 5.32 Å². The van der Waals surface area contributed by atoms with Gasteiger partial charge in [-0.2, -0.15) is 0 Å². The van der Waals surface area contributed by atoms with E-state index in [0.717, 1.165) is 39.0 Å². The van der Waals surface area contributed by atoms with E-state index in [1.54, 1.807) is 18.6 Å². The summed E-state index contributed by atoms with van der Waals surface area (Å²) in [5, 5.41) is 4.35. The maximum absolute atomic E-state index is 11.6. The first-order chi connectivity index (χ1) is 14.4. The Kier molecular flexibility index (Phi) is 5.21. The number of anilines is 2. The Labute approximate surface area is 175 Å². The van der Waals surface area contributed by atoms with Crippen LogP contribution in [0.1, 0.15) is 11.1 Å². The Morgan fingerprint density at radius 2 is 1.90 bits per heavy atom. The Balaban J connectivity index is 1.75. The fourth-order valence-electron chi connectivity index (χ4n) is 3.30. The van der Waals surface area contributed by atoms with Crippen LogP contribution in [0.3, 0.4) is 0 Å². The highest BCUT2D eigenvalue weighted by Crippen LogP contribution is 2.30. The Hall–Kier alpha value is -3.69. The Morgan fingerprint density at radius 3 is 2.70 bits per heavy atom. The van der Waals surface area contributed by atoms with Gasteiger partial charge in [-0.25, -0.2) is 8.42 Å². The third kappa shape index (κ3) is 4.48. The summed E-state index contributed by atoms with van der Waals surface area (Å²) in [4.78, 5) is 8.67. The second-order valence-corrected chi connectivity index (χ2v) is 9.23. The number of nitrogens with one attached hydrogen (secondary N) is 1. The second kappa shape index (κ2) is 7.97. The lowest BCUT2D eigenvalue weighted by atomic mass is 10.0. The minimum atomic E-state index is -3.13. The van der Waals surface area contributed by atoms with Crippen molar-refractivity contribution in [3.8, 4) is 23.5 Å². The standard InChI is InChI=1S/C24H19N3O2S/c1-3-17-5-4-6-21(12-17)27-24-9-10-26-23-8-7-19(13-22(23)24)20-11-18(14-25-15-20)16-30(2,28)29/h1,4-15H,16H2,2H3,(H,26,27). The molecule has 0 fully saturated rings. The highest BCUT2D eigenvalue weighted by molar-refractivity contribution is 7.89. The molecule has 4 aromatic rings. The minimum absolute atomic E-state index is 0.0404. The molecule has 148 valence electrons. The van der Waals surface area contributed by atoms with Crippen molar-refractivity contribution in [2.75, 3.05) is 11.6 Å². The van der Waals surface area contributed by atoms with Crippen molar-refractivity contribution in [2.45, 2.75) is 5.75 Å². The molecule has 5 nitrogen and oxygen atoms in total. The van der Waals surface area contributed by atoms with Gasteiger partial charge in [0.05, 0.1) is 11.3 Å². The Morgan fingerprint density at radius 1 is 1.03 bits per heavy atom. The molecular formula is C24H19N3O2S. The van der Waals surface area contributed by atoms with E-state index >= 15 is 0 Å². The van der Waals surface area contributed by atoms with Crippen molar-refractivity contribution in [1.29, 1.82) is 0 Å². The van der Waals surface area contributed by atoms with Crippen molar-refractivity contribution < 1.29 is 8.42 Å². The van der Waals surface area contributed by atoms with Gasteiger partial charge in [0.25, 0.3) is 0 Å². The van der Waals surface area contributed by atoms with Crippen LogP contribution in [0.5, 0.6) is 0 Å². The van der Waals surface area contributed by atoms with E-state index in [1.807, 2.05) is 54.6 Å². The van der Waals surface area contributed by atoms with Gasteiger partial charge in [0.2, 0.25) is 0 Å². The molecule has 0 radical (unpaired) electrons. The number of fused-ring (bicyclic) bond motifs is 1. The summed E-state index contributed by atoms with van der Waals surface area (Å²) in [6.45, 7) is 0. The zero-order valence-electron chi connectivity index (χ0n) is 16.3. The molecule has 0 saturated heterocycles. The van der Waals surface area contributed by atoms with E-state index in [-0.39, 0.29) is 5.75 Å². The smallest absolute Gasteiger partial charge is 0.151 e. The van der Waals surface area contributed by atoms with E-state index < -0.39 is 9.84 Å². The van der Waals surface area contributed by atoms with Gasteiger partial charge in [-0.15, -0.1) is 6.42 Å². The first-order valence-corrected chi connectivity index (χ1v) is 11.3. The van der Waals surface area contributed by atoms with Crippen LogP contribution in [0, 0.1) is 12.3 Å². The fourth-order valence-corrected chi connectivity index (χ4v) is 4.07. The first-order valence-electron chi connectivity index (χ1n) is 9.26. The monoisotopic (exact) mass is 413 g/mol. The number of nitrogens with zero attached hydrogens (tertiary/aromatic N) is 2. The molecule has 0 spiro atoms. The number of pyridine rings is 2. The van der Waals surface area contributed by atoms with E-state index in [9.17, 15) is 8.42 Å². The SMILES string of the molecule is C#Cc1cccc(Nc2ccnc3ccc(-c4cncc(CS(C)(=O)=O)c4)cc23)c1. The summed E-state index contributed by atoms with van der Waals surface area (Å²) in [5.41, 5.74) is 5.87. The summed E-state index contributed by atoms with van der Waals surface area (Å²) >= 11 is 0. The lowest BCUT2D eigenvalue weighted by molar-refractivity contribution is 0.601. The van der Waals surface area contributed by atoms with Gasteiger partial charge in [-0.05, 0) is 53.6 Å². The van der Waals surface area contributed by atoms with Crippen LogP contribution in [0.4, 0.5) is 11.4 Å². The van der Waals surface area contributed by atoms with Crippen molar-refractivity contribution in [1.82, 2.24) is 9.97 Å². The van der Waals surface area contributed by atoms with Gasteiger partial charge in [0.1, 0.15) is 0 Å². The third-order valence-electron chi connectivity index (χ3n) is 4.61. The van der Waals surface area contributed by atoms with Gasteiger partial charge in [0, 0.05) is 52.7 Å². The number of aromatic nitrogens is 2. The summed E-state index contributed by atoms with van der Waals surface area (Å²) in [6.07, 6.45) is 11.8. The summed E-state index contributed by atoms with van der Waals surface area (Å²) < 4.78 is 23.3. The highest BCUT2D eigenvalue weighted by atomic mass is 32.2. The zero-order valence-corrected chi connectivity index (χ0v) is 17.1. The average Bonchev–Trinajstić information content (AvgIpc) is 2.73. The van der Waals surface area contributed by atoms with Gasteiger partial charge < -0.3 is 5.32 Å². The van der Waals surface area contributed by atoms with Gasteiger partial charge in [-0.3, -0.25) is 9.97 Å². The van der Waals surface area contributed by atoms with Crippen LogP contribution in [0.25, 0.3) is 22.0 Å². The van der Waals surface area contributed by atoms with E-state index in [1.165, 1.54) is 6.26 Å². The van der Waals surface area contributed by atoms with Crippen molar-refractivity contribution in [3.05, 3.63) is 84.3 Å². The summed E-state index contributed by atoms with van der Waals surface area (Å²) in [7, 11) is -3.13. The molecule has 0 saturated carbocycles.